The number of imidazole rings is 1. The molecule has 2 aromatic heterocycles. The van der Waals surface area contributed by atoms with Crippen molar-refractivity contribution in [3.05, 3.63) is 43.6 Å². The number of rotatable bonds is 4. The van der Waals surface area contributed by atoms with Gasteiger partial charge in [-0.15, -0.1) is 11.3 Å². The minimum Gasteiger partial charge on any atom is -0.465 e. The molecule has 0 radical (unpaired) electrons. The van der Waals surface area contributed by atoms with Crippen LogP contribution in [-0.2, 0) is 16.1 Å². The number of carbonyl (C=O) groups excluding carboxylic acids is 1. The van der Waals surface area contributed by atoms with Crippen LogP contribution < -0.4 is 16.4 Å². The Morgan fingerprint density at radius 3 is 3.05 bits per heavy atom. The first-order valence-corrected chi connectivity index (χ1v) is 6.68. The van der Waals surface area contributed by atoms with Crippen molar-refractivity contribution < 1.29 is 9.53 Å². The van der Waals surface area contributed by atoms with Crippen molar-refractivity contribution in [2.24, 2.45) is 0 Å². The van der Waals surface area contributed by atoms with Gasteiger partial charge in [0.25, 0.3) is 5.56 Å². The van der Waals surface area contributed by atoms with Crippen LogP contribution >= 0.6 is 11.3 Å². The van der Waals surface area contributed by atoms with E-state index < -0.39 is 5.97 Å². The molecular formula is C13H14N2O3S. The van der Waals surface area contributed by atoms with Crippen molar-refractivity contribution >= 4 is 30.0 Å². The van der Waals surface area contributed by atoms with Crippen LogP contribution in [0.5, 0.6) is 0 Å². The number of esters is 1. The molecule has 0 amide bonds. The summed E-state index contributed by atoms with van der Waals surface area (Å²) in [6.07, 6.45) is 1.74. The number of hydrogen-bond acceptors (Lipinski definition) is 4. The van der Waals surface area contributed by atoms with E-state index in [1.807, 2.05) is 17.5 Å². The van der Waals surface area contributed by atoms with E-state index in [-0.39, 0.29) is 12.1 Å². The molecule has 5 nitrogen and oxygen atoms in total. The van der Waals surface area contributed by atoms with Crippen molar-refractivity contribution in [1.82, 2.24) is 9.55 Å². The zero-order valence-electron chi connectivity index (χ0n) is 10.5. The van der Waals surface area contributed by atoms with Crippen LogP contribution in [0.1, 0.15) is 11.8 Å². The molecule has 100 valence electrons. The SMILES string of the molecule is C=c1[nH]/c(=C\c2cccs2)c(=O)n1CC(=O)OCC. The summed E-state index contributed by atoms with van der Waals surface area (Å²) in [5, 5.41) is 2.34. The van der Waals surface area contributed by atoms with E-state index in [1.54, 1.807) is 13.0 Å². The maximum absolute atomic E-state index is 12.1. The third kappa shape index (κ3) is 3.03. The summed E-state index contributed by atoms with van der Waals surface area (Å²) in [6, 6.07) is 3.81. The highest BCUT2D eigenvalue weighted by Crippen LogP contribution is 2.07. The number of thiophene rings is 1. The first-order valence-electron chi connectivity index (χ1n) is 5.80. The molecule has 1 N–H and O–H groups in total. The van der Waals surface area contributed by atoms with Crippen LogP contribution in [0.3, 0.4) is 0 Å². The molecule has 0 saturated heterocycles. The van der Waals surface area contributed by atoms with E-state index in [0.29, 0.717) is 17.4 Å². The van der Waals surface area contributed by atoms with Gasteiger partial charge < -0.3 is 9.72 Å². The van der Waals surface area contributed by atoms with Gasteiger partial charge in [0.15, 0.2) is 0 Å². The quantitative estimate of drug-likeness (QED) is 0.803. The second kappa shape index (κ2) is 5.71. The highest BCUT2D eigenvalue weighted by atomic mass is 32.1. The Labute approximate surface area is 113 Å². The molecule has 19 heavy (non-hydrogen) atoms. The Bertz CT molecular complexity index is 725. The van der Waals surface area contributed by atoms with E-state index in [2.05, 4.69) is 11.6 Å². The number of H-pyrrole nitrogens is 1. The number of nitrogens with one attached hydrogen (secondary N) is 1. The number of nitrogens with zero attached hydrogens (tertiary/aromatic N) is 1. The maximum atomic E-state index is 12.1. The lowest BCUT2D eigenvalue weighted by molar-refractivity contribution is -0.143. The normalized spacial score (nSPS) is 11.7. The molecule has 0 spiro atoms. The van der Waals surface area contributed by atoms with Crippen molar-refractivity contribution in [3.63, 3.8) is 0 Å². The molecule has 0 unspecified atom stereocenters. The van der Waals surface area contributed by atoms with Crippen LogP contribution in [0.2, 0.25) is 0 Å². The number of carbonyl (C=O) groups is 1. The van der Waals surface area contributed by atoms with Gasteiger partial charge in [0, 0.05) is 4.88 Å². The Balaban J connectivity index is 2.38. The molecule has 0 bridgehead atoms. The lowest BCUT2D eigenvalue weighted by atomic mass is 10.4. The van der Waals surface area contributed by atoms with Crippen LogP contribution in [0.15, 0.2) is 22.3 Å². The Morgan fingerprint density at radius 2 is 2.42 bits per heavy atom. The summed E-state index contributed by atoms with van der Waals surface area (Å²) in [5.41, 5.74) is 0.118. The van der Waals surface area contributed by atoms with Crippen LogP contribution in [0.4, 0.5) is 0 Å². The molecule has 0 aliphatic carbocycles. The van der Waals surface area contributed by atoms with Crippen molar-refractivity contribution in [2.75, 3.05) is 6.61 Å². The summed E-state index contributed by atoms with van der Waals surface area (Å²) in [4.78, 5) is 27.4. The Hall–Kier alpha value is -2.08. The number of aromatic nitrogens is 2. The molecule has 0 aromatic carbocycles. The second-order valence-corrected chi connectivity index (χ2v) is 4.82. The Morgan fingerprint density at radius 1 is 1.63 bits per heavy atom. The molecular weight excluding hydrogens is 264 g/mol. The summed E-state index contributed by atoms with van der Waals surface area (Å²) >= 11 is 1.53. The summed E-state index contributed by atoms with van der Waals surface area (Å²) in [5.74, 6) is -0.448. The number of hydrogen-bond donors (Lipinski definition) is 1. The summed E-state index contributed by atoms with van der Waals surface area (Å²) in [7, 11) is 0. The molecule has 0 aliphatic rings. The Kier molecular flexibility index (Phi) is 4.01. The fourth-order valence-corrected chi connectivity index (χ4v) is 2.32. The van der Waals surface area contributed by atoms with Crippen LogP contribution in [0, 0.1) is 0 Å². The van der Waals surface area contributed by atoms with Crippen LogP contribution in [-0.4, -0.2) is 22.1 Å². The lowest BCUT2D eigenvalue weighted by Gasteiger charge is -2.01. The van der Waals surface area contributed by atoms with E-state index in [1.165, 1.54) is 15.9 Å². The summed E-state index contributed by atoms with van der Waals surface area (Å²) in [6.45, 7) is 5.61. The molecule has 2 heterocycles. The van der Waals surface area contributed by atoms with Crippen molar-refractivity contribution in [3.8, 4) is 0 Å². The fraction of sp³-hybridized carbons (Fsp3) is 0.231. The first-order chi connectivity index (χ1) is 9.11. The van der Waals surface area contributed by atoms with Gasteiger partial charge in [-0.3, -0.25) is 14.2 Å². The van der Waals surface area contributed by atoms with Gasteiger partial charge in [-0.1, -0.05) is 12.6 Å². The van der Waals surface area contributed by atoms with Gasteiger partial charge in [0.05, 0.1) is 6.61 Å². The average Bonchev–Trinajstić information content (AvgIpc) is 2.95. The topological polar surface area (TPSA) is 64.1 Å². The minimum atomic E-state index is -0.448. The van der Waals surface area contributed by atoms with E-state index >= 15 is 0 Å². The highest BCUT2D eigenvalue weighted by Gasteiger charge is 2.08. The first kappa shape index (κ1) is 13.4. The standard InChI is InChI=1S/C13H14N2O3S/c1-3-18-12(16)8-15-9(2)14-11(13(15)17)7-10-5-4-6-19-10/h4-7,14H,2-3,8H2,1H3/b11-7-. The molecule has 2 aromatic rings. The largest absolute Gasteiger partial charge is 0.465 e. The van der Waals surface area contributed by atoms with Gasteiger partial charge in [-0.2, -0.15) is 0 Å². The zero-order valence-corrected chi connectivity index (χ0v) is 11.3. The monoisotopic (exact) mass is 278 g/mol. The second-order valence-electron chi connectivity index (χ2n) is 3.84. The smallest absolute Gasteiger partial charge is 0.326 e. The fourth-order valence-electron chi connectivity index (χ4n) is 1.66. The van der Waals surface area contributed by atoms with Crippen LogP contribution in [0.25, 0.3) is 12.7 Å². The molecule has 6 heteroatoms. The third-order valence-corrected chi connectivity index (χ3v) is 3.32. The van der Waals surface area contributed by atoms with Gasteiger partial charge in [0.1, 0.15) is 17.4 Å². The zero-order chi connectivity index (χ0) is 13.8. The van der Waals surface area contributed by atoms with Gasteiger partial charge >= 0.3 is 5.97 Å². The molecule has 0 fully saturated rings. The molecule has 0 saturated carbocycles. The number of aromatic amines is 1. The van der Waals surface area contributed by atoms with Gasteiger partial charge in [0.2, 0.25) is 0 Å². The van der Waals surface area contributed by atoms with Crippen molar-refractivity contribution in [2.45, 2.75) is 13.5 Å². The van der Waals surface area contributed by atoms with E-state index in [0.717, 1.165) is 4.88 Å². The van der Waals surface area contributed by atoms with Gasteiger partial charge in [-0.05, 0) is 24.4 Å². The molecule has 0 aliphatic heterocycles. The third-order valence-electron chi connectivity index (χ3n) is 2.50. The van der Waals surface area contributed by atoms with E-state index in [4.69, 9.17) is 4.74 Å². The van der Waals surface area contributed by atoms with Gasteiger partial charge in [-0.25, -0.2) is 0 Å². The average molecular weight is 278 g/mol. The predicted molar refractivity (Wildman–Crippen MR) is 74.3 cm³/mol. The highest BCUT2D eigenvalue weighted by molar-refractivity contribution is 7.10. The van der Waals surface area contributed by atoms with Crippen molar-refractivity contribution in [1.29, 1.82) is 0 Å². The molecule has 2 rings (SSSR count). The predicted octanol–water partition coefficient (Wildman–Crippen LogP) is 0.0401. The summed E-state index contributed by atoms with van der Waals surface area (Å²) < 4.78 is 6.10. The van der Waals surface area contributed by atoms with E-state index in [9.17, 15) is 9.59 Å². The maximum Gasteiger partial charge on any atom is 0.326 e. The minimum absolute atomic E-state index is 0.125. The molecule has 0 atom stereocenters. The lowest BCUT2D eigenvalue weighted by Crippen LogP contribution is -2.34. The number of ether oxygens (including phenoxy) is 1.